The molecule has 0 saturated carbocycles. The van der Waals surface area contributed by atoms with Gasteiger partial charge in [0, 0.05) is 16.3 Å². The number of esters is 1. The van der Waals surface area contributed by atoms with Gasteiger partial charge in [0.25, 0.3) is 5.91 Å². The topological polar surface area (TPSA) is 68.3 Å². The molecule has 1 heterocycles. The summed E-state index contributed by atoms with van der Waals surface area (Å²) < 4.78 is 5.19. The van der Waals surface area contributed by atoms with Gasteiger partial charge >= 0.3 is 5.97 Å². The molecule has 5 nitrogen and oxygen atoms in total. The summed E-state index contributed by atoms with van der Waals surface area (Å²) in [5.74, 6) is -0.956. The summed E-state index contributed by atoms with van der Waals surface area (Å²) in [6, 6.07) is 13.0. The number of halogens is 1. The van der Waals surface area contributed by atoms with Crippen molar-refractivity contribution in [1.82, 2.24) is 4.98 Å². The maximum Gasteiger partial charge on any atom is 0.350 e. The lowest BCUT2D eigenvalue weighted by Crippen LogP contribution is -2.21. The molecule has 0 radical (unpaired) electrons. The maximum absolute atomic E-state index is 12.4. The summed E-state index contributed by atoms with van der Waals surface area (Å²) in [7, 11) is 0. The van der Waals surface area contributed by atoms with Crippen LogP contribution in [0.4, 0.5) is 5.69 Å². The van der Waals surface area contributed by atoms with Gasteiger partial charge in [-0.3, -0.25) is 4.79 Å². The molecule has 0 atom stereocenters. The predicted molar refractivity (Wildman–Crippen MR) is 112 cm³/mol. The molecule has 144 valence electrons. The normalized spacial score (nSPS) is 10.6. The third-order valence-corrected chi connectivity index (χ3v) is 5.56. The Labute approximate surface area is 172 Å². The lowest BCUT2D eigenvalue weighted by molar-refractivity contribution is -0.119. The van der Waals surface area contributed by atoms with Crippen molar-refractivity contribution in [2.45, 2.75) is 20.8 Å². The van der Waals surface area contributed by atoms with Gasteiger partial charge in [-0.25, -0.2) is 9.78 Å². The smallest absolute Gasteiger partial charge is 0.350 e. The largest absolute Gasteiger partial charge is 0.451 e. The van der Waals surface area contributed by atoms with Crippen LogP contribution < -0.4 is 5.32 Å². The van der Waals surface area contributed by atoms with Crippen molar-refractivity contribution in [3.05, 3.63) is 69.2 Å². The van der Waals surface area contributed by atoms with Gasteiger partial charge in [0.2, 0.25) is 0 Å². The van der Waals surface area contributed by atoms with Gasteiger partial charge < -0.3 is 10.1 Å². The van der Waals surface area contributed by atoms with Crippen molar-refractivity contribution >= 4 is 40.5 Å². The van der Waals surface area contributed by atoms with Crippen molar-refractivity contribution in [2.24, 2.45) is 0 Å². The number of nitrogens with zero attached hydrogens (tertiary/aromatic N) is 1. The van der Waals surface area contributed by atoms with Crippen molar-refractivity contribution in [3.63, 3.8) is 0 Å². The first-order chi connectivity index (χ1) is 13.3. The van der Waals surface area contributed by atoms with E-state index in [9.17, 15) is 9.59 Å². The highest BCUT2D eigenvalue weighted by atomic mass is 35.5. The van der Waals surface area contributed by atoms with Gasteiger partial charge in [-0.2, -0.15) is 0 Å². The minimum Gasteiger partial charge on any atom is -0.451 e. The number of hydrogen-bond donors (Lipinski definition) is 1. The number of rotatable bonds is 5. The van der Waals surface area contributed by atoms with E-state index in [1.807, 2.05) is 44.2 Å². The summed E-state index contributed by atoms with van der Waals surface area (Å²) in [4.78, 5) is 29.4. The van der Waals surface area contributed by atoms with Crippen LogP contribution in [0.2, 0.25) is 5.02 Å². The fraction of sp³-hybridized carbons (Fsp3) is 0.190. The highest BCUT2D eigenvalue weighted by Crippen LogP contribution is 2.30. The number of aryl methyl sites for hydroxylation is 3. The van der Waals surface area contributed by atoms with E-state index >= 15 is 0 Å². The van der Waals surface area contributed by atoms with Crippen LogP contribution in [0.25, 0.3) is 10.6 Å². The molecule has 3 rings (SSSR count). The first-order valence-electron chi connectivity index (χ1n) is 8.61. The molecule has 0 aliphatic heterocycles. The Balaban J connectivity index is 1.66. The number of ether oxygens (including phenoxy) is 1. The fourth-order valence-corrected chi connectivity index (χ4v) is 3.86. The van der Waals surface area contributed by atoms with E-state index in [4.69, 9.17) is 16.3 Å². The number of thiazole rings is 1. The van der Waals surface area contributed by atoms with Crippen LogP contribution in [-0.2, 0) is 9.53 Å². The SMILES string of the molecule is Cc1cccc(C)c1NC(=O)COC(=O)c1sc(-c2cccc(Cl)c2)nc1C. The highest BCUT2D eigenvalue weighted by molar-refractivity contribution is 7.17. The summed E-state index contributed by atoms with van der Waals surface area (Å²) in [6.45, 7) is 5.19. The second-order valence-corrected chi connectivity index (χ2v) is 7.77. The minimum atomic E-state index is -0.570. The number of amides is 1. The fourth-order valence-electron chi connectivity index (χ4n) is 2.71. The molecule has 0 spiro atoms. The molecular formula is C21H19ClN2O3S. The number of aromatic nitrogens is 1. The zero-order valence-electron chi connectivity index (χ0n) is 15.7. The maximum atomic E-state index is 12.4. The Morgan fingerprint density at radius 2 is 1.79 bits per heavy atom. The molecule has 0 saturated heterocycles. The summed E-state index contributed by atoms with van der Waals surface area (Å²) in [5.41, 5.74) is 4.02. The van der Waals surface area contributed by atoms with Gasteiger partial charge in [-0.1, -0.05) is 41.9 Å². The van der Waals surface area contributed by atoms with Crippen LogP contribution in [0.1, 0.15) is 26.5 Å². The van der Waals surface area contributed by atoms with E-state index in [0.717, 1.165) is 22.4 Å². The molecule has 0 fully saturated rings. The molecule has 1 aromatic heterocycles. The summed E-state index contributed by atoms with van der Waals surface area (Å²) in [6.07, 6.45) is 0. The minimum absolute atomic E-state index is 0.365. The Bertz CT molecular complexity index is 1030. The first kappa shape index (κ1) is 20.0. The first-order valence-corrected chi connectivity index (χ1v) is 9.81. The second-order valence-electron chi connectivity index (χ2n) is 6.34. The van der Waals surface area contributed by atoms with Gasteiger partial charge in [0.15, 0.2) is 6.61 Å². The third-order valence-electron chi connectivity index (χ3n) is 4.13. The van der Waals surface area contributed by atoms with Crippen LogP contribution in [0.15, 0.2) is 42.5 Å². The van der Waals surface area contributed by atoms with E-state index in [1.165, 1.54) is 11.3 Å². The van der Waals surface area contributed by atoms with Crippen LogP contribution in [0.5, 0.6) is 0 Å². The molecule has 0 bridgehead atoms. The molecule has 7 heteroatoms. The van der Waals surface area contributed by atoms with Crippen LogP contribution in [0.3, 0.4) is 0 Å². The van der Waals surface area contributed by atoms with E-state index in [2.05, 4.69) is 10.3 Å². The molecule has 1 amide bonds. The van der Waals surface area contributed by atoms with Gasteiger partial charge in [0.05, 0.1) is 5.69 Å². The Hall–Kier alpha value is -2.70. The molecule has 0 unspecified atom stereocenters. The molecule has 0 aliphatic carbocycles. The summed E-state index contributed by atoms with van der Waals surface area (Å²) in [5, 5.41) is 4.06. The lowest BCUT2D eigenvalue weighted by Gasteiger charge is -2.11. The molecule has 3 aromatic rings. The number of para-hydroxylation sites is 1. The second kappa shape index (κ2) is 8.54. The van der Waals surface area contributed by atoms with Gasteiger partial charge in [0.1, 0.15) is 9.88 Å². The van der Waals surface area contributed by atoms with Gasteiger partial charge in [-0.15, -0.1) is 11.3 Å². The molecular weight excluding hydrogens is 396 g/mol. The average molecular weight is 415 g/mol. The number of hydrogen-bond acceptors (Lipinski definition) is 5. The molecule has 0 aliphatic rings. The number of nitrogens with one attached hydrogen (secondary N) is 1. The standard InChI is InChI=1S/C21H19ClN2O3S/c1-12-6-4-7-13(2)18(12)24-17(25)11-27-21(26)19-14(3)23-20(28-19)15-8-5-9-16(22)10-15/h4-10H,11H2,1-3H3,(H,24,25). The number of anilines is 1. The zero-order chi connectivity index (χ0) is 20.3. The van der Waals surface area contributed by atoms with Crippen molar-refractivity contribution < 1.29 is 14.3 Å². The van der Waals surface area contributed by atoms with E-state index < -0.39 is 5.97 Å². The monoisotopic (exact) mass is 414 g/mol. The lowest BCUT2D eigenvalue weighted by atomic mass is 10.1. The molecule has 28 heavy (non-hydrogen) atoms. The Kier molecular flexibility index (Phi) is 6.11. The molecule has 2 aromatic carbocycles. The Morgan fingerprint density at radius 1 is 1.11 bits per heavy atom. The predicted octanol–water partition coefficient (Wildman–Crippen LogP) is 5.18. The van der Waals surface area contributed by atoms with Crippen LogP contribution >= 0.6 is 22.9 Å². The van der Waals surface area contributed by atoms with Gasteiger partial charge in [-0.05, 0) is 44.0 Å². The summed E-state index contributed by atoms with van der Waals surface area (Å²) >= 11 is 7.23. The molecule has 1 N–H and O–H groups in total. The number of carbonyl (C=O) groups is 2. The van der Waals surface area contributed by atoms with Crippen molar-refractivity contribution in [1.29, 1.82) is 0 Å². The number of benzene rings is 2. The van der Waals surface area contributed by atoms with Crippen molar-refractivity contribution in [2.75, 3.05) is 11.9 Å². The number of carbonyl (C=O) groups excluding carboxylic acids is 2. The van der Waals surface area contributed by atoms with E-state index in [1.54, 1.807) is 19.1 Å². The van der Waals surface area contributed by atoms with Crippen LogP contribution in [0, 0.1) is 20.8 Å². The third kappa shape index (κ3) is 4.58. The average Bonchev–Trinajstić information content (AvgIpc) is 3.05. The van der Waals surface area contributed by atoms with E-state index in [0.29, 0.717) is 20.6 Å². The zero-order valence-corrected chi connectivity index (χ0v) is 17.3. The Morgan fingerprint density at radius 3 is 2.46 bits per heavy atom. The highest BCUT2D eigenvalue weighted by Gasteiger charge is 2.19. The van der Waals surface area contributed by atoms with Crippen LogP contribution in [-0.4, -0.2) is 23.5 Å². The van der Waals surface area contributed by atoms with E-state index in [-0.39, 0.29) is 12.5 Å². The quantitative estimate of drug-likeness (QED) is 0.584. The van der Waals surface area contributed by atoms with Crippen molar-refractivity contribution in [3.8, 4) is 10.6 Å².